The predicted molar refractivity (Wildman–Crippen MR) is 262 cm³/mol. The van der Waals surface area contributed by atoms with Crippen molar-refractivity contribution in [2.24, 2.45) is 0 Å². The van der Waals surface area contributed by atoms with Gasteiger partial charge in [0.2, 0.25) is 0 Å². The predicted octanol–water partition coefficient (Wildman–Crippen LogP) is 17.3. The summed E-state index contributed by atoms with van der Waals surface area (Å²) >= 11 is 1.92. The lowest BCUT2D eigenvalue weighted by atomic mass is 9.94. The van der Waals surface area contributed by atoms with Gasteiger partial charge in [-0.15, -0.1) is 11.3 Å². The maximum atomic E-state index is 4.23. The van der Waals surface area contributed by atoms with Crippen LogP contribution < -0.4 is 0 Å². The van der Waals surface area contributed by atoms with Crippen LogP contribution in [-0.2, 0) is 0 Å². The largest absolute Gasteiger partial charge is 0.309 e. The van der Waals surface area contributed by atoms with E-state index in [1.54, 1.807) is 12.2 Å². The lowest BCUT2D eigenvalue weighted by Crippen LogP contribution is -1.96. The molecule has 0 amide bonds. The number of allylic oxidation sites excluding steroid dienone is 8. The second kappa shape index (κ2) is 17.8. The molecule has 0 N–H and O–H groups in total. The Balaban J connectivity index is 0.000000466. The molecule has 0 fully saturated rings. The summed E-state index contributed by atoms with van der Waals surface area (Å²) in [7, 11) is 0. The van der Waals surface area contributed by atoms with Gasteiger partial charge in [0.15, 0.2) is 0 Å². The highest BCUT2D eigenvalue weighted by atomic mass is 32.1. The molecule has 0 bridgehead atoms. The van der Waals surface area contributed by atoms with Gasteiger partial charge in [0.05, 0.1) is 11.2 Å². The third-order valence-corrected chi connectivity index (χ3v) is 12.0. The van der Waals surface area contributed by atoms with Crippen molar-refractivity contribution < 1.29 is 0 Å². The van der Waals surface area contributed by atoms with Gasteiger partial charge in [-0.3, -0.25) is 0 Å². The van der Waals surface area contributed by atoms with Gasteiger partial charge < -0.3 is 4.57 Å². The van der Waals surface area contributed by atoms with Crippen LogP contribution in [0.2, 0.25) is 0 Å². The molecule has 10 rings (SSSR count). The van der Waals surface area contributed by atoms with Crippen LogP contribution in [0.3, 0.4) is 0 Å². The van der Waals surface area contributed by atoms with Crippen LogP contribution in [0.25, 0.3) is 93.1 Å². The third kappa shape index (κ3) is 7.06. The van der Waals surface area contributed by atoms with Gasteiger partial charge in [0.25, 0.3) is 0 Å². The van der Waals surface area contributed by atoms with Crippen LogP contribution >= 0.6 is 11.3 Å². The number of fused-ring (bicyclic) bond motifs is 7. The summed E-state index contributed by atoms with van der Waals surface area (Å²) in [5.41, 5.74) is 15.0. The highest BCUT2D eigenvalue weighted by Gasteiger charge is 2.26. The molecular weight excluding hydrogens is 719 g/mol. The molecule has 2 aliphatic rings. The van der Waals surface area contributed by atoms with Gasteiger partial charge in [-0.25, -0.2) is 0 Å². The van der Waals surface area contributed by atoms with Gasteiger partial charge >= 0.3 is 0 Å². The van der Waals surface area contributed by atoms with E-state index in [4.69, 9.17) is 0 Å². The Labute approximate surface area is 348 Å². The Hall–Kier alpha value is -6.48. The van der Waals surface area contributed by atoms with Crippen molar-refractivity contribution in [3.05, 3.63) is 200 Å². The fraction of sp³-hybridized carbons (Fsp3) is 0.107. The quantitative estimate of drug-likeness (QED) is 0.117. The second-order valence-corrected chi connectivity index (χ2v) is 15.1. The minimum absolute atomic E-state index is 1.05. The van der Waals surface area contributed by atoms with Crippen molar-refractivity contribution in [2.75, 3.05) is 0 Å². The number of benzene rings is 6. The summed E-state index contributed by atoms with van der Waals surface area (Å²) in [4.78, 5) is 0. The molecule has 286 valence electrons. The number of aromatic nitrogens is 1. The molecule has 0 atom stereocenters. The van der Waals surface area contributed by atoms with E-state index in [2.05, 4.69) is 158 Å². The zero-order chi connectivity index (χ0) is 40.8. The van der Waals surface area contributed by atoms with Crippen LogP contribution in [0.1, 0.15) is 62.9 Å². The van der Waals surface area contributed by atoms with Gasteiger partial charge in [0.1, 0.15) is 0 Å². The van der Waals surface area contributed by atoms with Crippen LogP contribution in [-0.4, -0.2) is 4.57 Å². The average Bonchev–Trinajstić information content (AvgIpc) is 3.95. The van der Waals surface area contributed by atoms with E-state index in [9.17, 15) is 0 Å². The van der Waals surface area contributed by atoms with Crippen molar-refractivity contribution in [1.29, 1.82) is 0 Å². The minimum atomic E-state index is 1.05. The van der Waals surface area contributed by atoms with Gasteiger partial charge in [0, 0.05) is 36.8 Å². The molecule has 2 heterocycles. The van der Waals surface area contributed by atoms with Crippen LogP contribution in [0.5, 0.6) is 0 Å². The number of hydrogen-bond donors (Lipinski definition) is 0. The SMILES string of the molecule is C/C=C\C.C=CC=C.C=Cc1c(C=C)n(-c2ccc(-c3ccccc3)cc2)c2ccc(-c3ccc4sc5cc6c7c(cccc7c5c4c3)C3=C6CCC=C3)cc12.CC. The first-order valence-electron chi connectivity index (χ1n) is 20.3. The fourth-order valence-electron chi connectivity index (χ4n) is 8.23. The number of rotatable bonds is 6. The Bertz CT molecular complexity index is 2910. The maximum Gasteiger partial charge on any atom is 0.0541 e. The highest BCUT2D eigenvalue weighted by Crippen LogP contribution is 2.51. The Morgan fingerprint density at radius 1 is 0.586 bits per heavy atom. The molecule has 2 aromatic heterocycles. The highest BCUT2D eigenvalue weighted by molar-refractivity contribution is 7.26. The molecule has 0 aliphatic heterocycles. The van der Waals surface area contributed by atoms with Crippen molar-refractivity contribution in [3.8, 4) is 27.9 Å². The molecule has 2 heteroatoms. The van der Waals surface area contributed by atoms with Crippen molar-refractivity contribution in [1.82, 2.24) is 4.57 Å². The Morgan fingerprint density at radius 2 is 1.26 bits per heavy atom. The first-order valence-corrected chi connectivity index (χ1v) is 21.1. The maximum absolute atomic E-state index is 4.23. The monoisotopic (exact) mass is 769 g/mol. The minimum Gasteiger partial charge on any atom is -0.309 e. The number of thiophene rings is 1. The molecule has 6 aromatic carbocycles. The van der Waals surface area contributed by atoms with E-state index in [0.29, 0.717) is 0 Å². The average molecular weight is 770 g/mol. The van der Waals surface area contributed by atoms with E-state index in [1.165, 1.54) is 80.9 Å². The van der Waals surface area contributed by atoms with Crippen LogP contribution in [0, 0.1) is 0 Å². The molecule has 0 saturated heterocycles. The first-order chi connectivity index (χ1) is 28.5. The van der Waals surface area contributed by atoms with E-state index in [-0.39, 0.29) is 0 Å². The summed E-state index contributed by atoms with van der Waals surface area (Å²) in [6, 6.07) is 42.5. The first kappa shape index (κ1) is 39.7. The molecule has 8 aromatic rings. The van der Waals surface area contributed by atoms with Gasteiger partial charge in [-0.2, -0.15) is 0 Å². The Morgan fingerprint density at radius 3 is 1.93 bits per heavy atom. The summed E-state index contributed by atoms with van der Waals surface area (Å²) < 4.78 is 5.02. The number of hydrogen-bond acceptors (Lipinski definition) is 1. The van der Waals surface area contributed by atoms with E-state index < -0.39 is 0 Å². The lowest BCUT2D eigenvalue weighted by molar-refractivity contribution is 1.06. The zero-order valence-corrected chi connectivity index (χ0v) is 35.0. The Kier molecular flexibility index (Phi) is 12.2. The van der Waals surface area contributed by atoms with Crippen LogP contribution in [0.15, 0.2) is 178 Å². The molecule has 0 saturated carbocycles. The van der Waals surface area contributed by atoms with Crippen molar-refractivity contribution >= 4 is 76.5 Å². The number of nitrogens with zero attached hydrogens (tertiary/aromatic N) is 1. The van der Waals surface area contributed by atoms with E-state index >= 15 is 0 Å². The second-order valence-electron chi connectivity index (χ2n) is 14.0. The van der Waals surface area contributed by atoms with E-state index in [0.717, 1.165) is 35.3 Å². The van der Waals surface area contributed by atoms with E-state index in [1.807, 2.05) is 63.3 Å². The van der Waals surface area contributed by atoms with Crippen molar-refractivity contribution in [2.45, 2.75) is 40.5 Å². The molecule has 2 aliphatic carbocycles. The lowest BCUT2D eigenvalue weighted by Gasteiger charge is -2.11. The molecule has 58 heavy (non-hydrogen) atoms. The van der Waals surface area contributed by atoms with Gasteiger partial charge in [-0.1, -0.05) is 155 Å². The standard InChI is InChI=1S/C46H31NS.C4H8.C4H6.C2H6/c1-3-33-38-25-30(19-23-42(38)47(41(33)4-2)32-21-17-29(18-22-32)28-11-6-5-7-12-28)31-20-24-43-40(26-31)46-37-16-10-15-36-34-13-8-9-14-35(34)39(45(36)37)27-44(46)48-43;2*1-3-4-2;1-2/h3-8,10-13,15-27H,1-2,9,14H2;3-4H,1-2H3;3-4H,1-2H2;1-2H3/b;4-3-;;. The molecule has 0 spiro atoms. The fourth-order valence-corrected chi connectivity index (χ4v) is 9.37. The molecule has 1 nitrogen and oxygen atoms in total. The topological polar surface area (TPSA) is 4.93 Å². The summed E-state index contributed by atoms with van der Waals surface area (Å²) in [6.45, 7) is 23.2. The molecule has 0 radical (unpaired) electrons. The molecular formula is C56H51NS. The normalized spacial score (nSPS) is 12.4. The smallest absolute Gasteiger partial charge is 0.0541 e. The summed E-state index contributed by atoms with van der Waals surface area (Å²) in [5.74, 6) is 0. The van der Waals surface area contributed by atoms with Crippen molar-refractivity contribution in [3.63, 3.8) is 0 Å². The van der Waals surface area contributed by atoms with Gasteiger partial charge in [-0.05, 0) is 131 Å². The summed E-state index contributed by atoms with van der Waals surface area (Å²) in [6.07, 6.45) is 18.1. The third-order valence-electron chi connectivity index (χ3n) is 10.9. The molecule has 0 unspecified atom stereocenters. The zero-order valence-electron chi connectivity index (χ0n) is 34.2. The van der Waals surface area contributed by atoms with Crippen LogP contribution in [0.4, 0.5) is 0 Å². The summed E-state index contributed by atoms with van der Waals surface area (Å²) in [5, 5.41) is 6.70.